The summed E-state index contributed by atoms with van der Waals surface area (Å²) in [4.78, 5) is 21.5. The topological polar surface area (TPSA) is 78.7 Å². The first-order valence-corrected chi connectivity index (χ1v) is 5.87. The third kappa shape index (κ3) is 5.67. The SMILES string of the molecule is CCOC(=O)C(C[N+](=O)[O-])c1cccc(OC(F)(F)F)c1. The molecule has 0 amide bonds. The van der Waals surface area contributed by atoms with Crippen LogP contribution in [0.15, 0.2) is 24.3 Å². The summed E-state index contributed by atoms with van der Waals surface area (Å²) in [5.41, 5.74) is 0.0203. The molecule has 116 valence electrons. The molecule has 1 aromatic rings. The molecule has 1 rings (SSSR count). The summed E-state index contributed by atoms with van der Waals surface area (Å²) in [6.07, 6.45) is -4.89. The zero-order chi connectivity index (χ0) is 16.0. The highest BCUT2D eigenvalue weighted by Crippen LogP contribution is 2.27. The van der Waals surface area contributed by atoms with Crippen LogP contribution in [0, 0.1) is 10.1 Å². The van der Waals surface area contributed by atoms with Crippen molar-refractivity contribution in [3.05, 3.63) is 39.9 Å². The van der Waals surface area contributed by atoms with Gasteiger partial charge < -0.3 is 9.47 Å². The van der Waals surface area contributed by atoms with Crippen LogP contribution >= 0.6 is 0 Å². The van der Waals surface area contributed by atoms with E-state index in [-0.39, 0.29) is 12.2 Å². The van der Waals surface area contributed by atoms with Crippen molar-refractivity contribution in [2.45, 2.75) is 19.2 Å². The average Bonchev–Trinajstić information content (AvgIpc) is 2.34. The molecule has 1 atom stereocenters. The van der Waals surface area contributed by atoms with E-state index in [0.29, 0.717) is 0 Å². The first-order chi connectivity index (χ1) is 9.73. The summed E-state index contributed by atoms with van der Waals surface area (Å²) >= 11 is 0. The molecule has 0 heterocycles. The molecule has 9 heteroatoms. The van der Waals surface area contributed by atoms with E-state index in [1.54, 1.807) is 0 Å². The minimum Gasteiger partial charge on any atom is -0.465 e. The average molecular weight is 307 g/mol. The second kappa shape index (κ2) is 6.91. The van der Waals surface area contributed by atoms with Crippen LogP contribution in [-0.4, -0.2) is 30.4 Å². The Bertz CT molecular complexity index is 518. The molecule has 0 aliphatic carbocycles. The molecule has 1 unspecified atom stereocenters. The standard InChI is InChI=1S/C12H12F3NO5/c1-2-20-11(17)10(7-16(18)19)8-4-3-5-9(6-8)21-12(13,14)15/h3-6,10H,2,7H2,1H3. The number of rotatable bonds is 6. The minimum absolute atomic E-state index is 0.00574. The minimum atomic E-state index is -4.89. The number of hydrogen-bond acceptors (Lipinski definition) is 5. The smallest absolute Gasteiger partial charge is 0.465 e. The normalized spacial score (nSPS) is 12.6. The monoisotopic (exact) mass is 307 g/mol. The molecule has 0 aliphatic heterocycles. The van der Waals surface area contributed by atoms with Crippen molar-refractivity contribution in [1.29, 1.82) is 0 Å². The lowest BCUT2D eigenvalue weighted by molar-refractivity contribution is -0.481. The second-order valence-corrected chi connectivity index (χ2v) is 3.94. The Kier molecular flexibility index (Phi) is 5.51. The van der Waals surface area contributed by atoms with Crippen molar-refractivity contribution >= 4 is 5.97 Å². The maximum Gasteiger partial charge on any atom is 0.573 e. The Morgan fingerprint density at radius 3 is 2.62 bits per heavy atom. The van der Waals surface area contributed by atoms with Crippen LogP contribution in [0.3, 0.4) is 0 Å². The van der Waals surface area contributed by atoms with Crippen molar-refractivity contribution in [2.75, 3.05) is 13.2 Å². The fraction of sp³-hybridized carbons (Fsp3) is 0.417. The number of alkyl halides is 3. The molecule has 0 fully saturated rings. The van der Waals surface area contributed by atoms with Crippen LogP contribution < -0.4 is 4.74 Å². The molecule has 0 saturated carbocycles. The highest BCUT2D eigenvalue weighted by Gasteiger charge is 2.32. The number of halogens is 3. The summed E-state index contributed by atoms with van der Waals surface area (Å²) in [6.45, 7) is 0.740. The largest absolute Gasteiger partial charge is 0.573 e. The Hall–Kier alpha value is -2.32. The van der Waals surface area contributed by atoms with Crippen LogP contribution in [0.2, 0.25) is 0 Å². The van der Waals surface area contributed by atoms with Gasteiger partial charge in [-0.05, 0) is 24.6 Å². The van der Waals surface area contributed by atoms with Gasteiger partial charge in [0, 0.05) is 4.92 Å². The van der Waals surface area contributed by atoms with Crippen LogP contribution in [0.5, 0.6) is 5.75 Å². The number of hydrogen-bond donors (Lipinski definition) is 0. The van der Waals surface area contributed by atoms with Crippen molar-refractivity contribution in [2.24, 2.45) is 0 Å². The molecule has 0 spiro atoms. The number of benzene rings is 1. The van der Waals surface area contributed by atoms with Gasteiger partial charge in [0.15, 0.2) is 0 Å². The van der Waals surface area contributed by atoms with E-state index in [4.69, 9.17) is 4.74 Å². The van der Waals surface area contributed by atoms with E-state index in [0.717, 1.165) is 12.1 Å². The first kappa shape index (κ1) is 16.7. The zero-order valence-electron chi connectivity index (χ0n) is 10.9. The molecule has 0 radical (unpaired) electrons. The van der Waals surface area contributed by atoms with Gasteiger partial charge in [0.25, 0.3) is 0 Å². The van der Waals surface area contributed by atoms with E-state index < -0.39 is 35.5 Å². The Morgan fingerprint density at radius 2 is 2.10 bits per heavy atom. The summed E-state index contributed by atoms with van der Waals surface area (Å²) in [5, 5.41) is 10.6. The quantitative estimate of drug-likeness (QED) is 0.458. The number of carbonyl (C=O) groups excluding carboxylic acids is 1. The van der Waals surface area contributed by atoms with Gasteiger partial charge >= 0.3 is 12.3 Å². The van der Waals surface area contributed by atoms with Gasteiger partial charge in [-0.1, -0.05) is 12.1 Å². The van der Waals surface area contributed by atoms with Crippen LogP contribution in [0.4, 0.5) is 13.2 Å². The van der Waals surface area contributed by atoms with Crippen molar-refractivity contribution in [3.8, 4) is 5.75 Å². The fourth-order valence-corrected chi connectivity index (χ4v) is 1.64. The van der Waals surface area contributed by atoms with Gasteiger partial charge in [-0.3, -0.25) is 14.9 Å². The maximum absolute atomic E-state index is 12.1. The molecular weight excluding hydrogens is 295 g/mol. The number of nitrogens with zero attached hydrogens (tertiary/aromatic N) is 1. The predicted molar refractivity (Wildman–Crippen MR) is 64.4 cm³/mol. The van der Waals surface area contributed by atoms with Gasteiger partial charge in [0.2, 0.25) is 6.54 Å². The van der Waals surface area contributed by atoms with E-state index in [1.165, 1.54) is 19.1 Å². The van der Waals surface area contributed by atoms with Crippen molar-refractivity contribution < 1.29 is 32.4 Å². The van der Waals surface area contributed by atoms with E-state index in [1.807, 2.05) is 0 Å². The van der Waals surface area contributed by atoms with E-state index in [9.17, 15) is 28.1 Å². The third-order valence-electron chi connectivity index (χ3n) is 2.40. The number of esters is 1. The third-order valence-corrected chi connectivity index (χ3v) is 2.40. The Labute approximate surface area is 117 Å². The maximum atomic E-state index is 12.1. The Morgan fingerprint density at radius 1 is 1.43 bits per heavy atom. The fourth-order valence-electron chi connectivity index (χ4n) is 1.64. The zero-order valence-corrected chi connectivity index (χ0v) is 10.9. The van der Waals surface area contributed by atoms with Gasteiger partial charge in [0.05, 0.1) is 6.61 Å². The molecule has 1 aromatic carbocycles. The molecule has 21 heavy (non-hydrogen) atoms. The molecule has 0 aromatic heterocycles. The molecule has 0 bridgehead atoms. The van der Waals surface area contributed by atoms with E-state index in [2.05, 4.69) is 4.74 Å². The summed E-state index contributed by atoms with van der Waals surface area (Å²) < 4.78 is 44.8. The lowest BCUT2D eigenvalue weighted by Gasteiger charge is -2.14. The summed E-state index contributed by atoms with van der Waals surface area (Å²) in [6, 6.07) is 4.47. The second-order valence-electron chi connectivity index (χ2n) is 3.94. The predicted octanol–water partition coefficient (Wildman–Crippen LogP) is 2.51. The highest BCUT2D eigenvalue weighted by atomic mass is 19.4. The van der Waals surface area contributed by atoms with Gasteiger partial charge in [0.1, 0.15) is 11.7 Å². The van der Waals surface area contributed by atoms with E-state index >= 15 is 0 Å². The number of nitro groups is 1. The Balaban J connectivity index is 3.04. The van der Waals surface area contributed by atoms with Crippen molar-refractivity contribution in [1.82, 2.24) is 0 Å². The molecule has 0 N–H and O–H groups in total. The highest BCUT2D eigenvalue weighted by molar-refractivity contribution is 5.78. The molecule has 6 nitrogen and oxygen atoms in total. The molecule has 0 saturated heterocycles. The first-order valence-electron chi connectivity index (χ1n) is 5.87. The lowest BCUT2D eigenvalue weighted by Crippen LogP contribution is -2.24. The number of ether oxygens (including phenoxy) is 2. The summed E-state index contributed by atoms with van der Waals surface area (Å²) in [7, 11) is 0. The number of carbonyl (C=O) groups is 1. The van der Waals surface area contributed by atoms with Crippen LogP contribution in [-0.2, 0) is 9.53 Å². The lowest BCUT2D eigenvalue weighted by atomic mass is 9.99. The van der Waals surface area contributed by atoms with Gasteiger partial charge in [-0.2, -0.15) is 0 Å². The van der Waals surface area contributed by atoms with Crippen LogP contribution in [0.25, 0.3) is 0 Å². The molecule has 0 aliphatic rings. The summed E-state index contributed by atoms with van der Waals surface area (Å²) in [5.74, 6) is -2.73. The van der Waals surface area contributed by atoms with Crippen LogP contribution in [0.1, 0.15) is 18.4 Å². The van der Waals surface area contributed by atoms with Crippen molar-refractivity contribution in [3.63, 3.8) is 0 Å². The molecular formula is C12H12F3NO5. The van der Waals surface area contributed by atoms with Gasteiger partial charge in [-0.25, -0.2) is 0 Å². The van der Waals surface area contributed by atoms with Gasteiger partial charge in [-0.15, -0.1) is 13.2 Å².